The summed E-state index contributed by atoms with van der Waals surface area (Å²) in [5.74, 6) is 1.26. The van der Waals surface area contributed by atoms with Crippen molar-refractivity contribution in [2.45, 2.75) is 13.8 Å². The second-order valence-electron chi connectivity index (χ2n) is 3.68. The Morgan fingerprint density at radius 3 is 2.32 bits per heavy atom. The zero-order valence-electron chi connectivity index (χ0n) is 10.5. The van der Waals surface area contributed by atoms with Gasteiger partial charge in [-0.25, -0.2) is 0 Å². The van der Waals surface area contributed by atoms with Crippen LogP contribution in [0.25, 0.3) is 10.1 Å². The van der Waals surface area contributed by atoms with Gasteiger partial charge in [0.1, 0.15) is 4.88 Å². The Balaban J connectivity index is 2.63. The molecule has 0 fully saturated rings. The van der Waals surface area contributed by atoms with Gasteiger partial charge in [-0.1, -0.05) is 11.6 Å². The van der Waals surface area contributed by atoms with Gasteiger partial charge in [0.2, 0.25) is 0 Å². The average molecular weight is 319 g/mol. The van der Waals surface area contributed by atoms with Gasteiger partial charge in [-0.15, -0.1) is 11.3 Å². The van der Waals surface area contributed by atoms with Crippen LogP contribution in [0.3, 0.4) is 0 Å². The first-order chi connectivity index (χ1) is 9.08. The highest BCUT2D eigenvalue weighted by Gasteiger charge is 2.18. The van der Waals surface area contributed by atoms with Crippen molar-refractivity contribution in [3.8, 4) is 11.5 Å². The molecule has 1 heterocycles. The van der Waals surface area contributed by atoms with Gasteiger partial charge in [-0.05, 0) is 31.5 Å². The van der Waals surface area contributed by atoms with Crippen LogP contribution in [0, 0.1) is 0 Å². The van der Waals surface area contributed by atoms with Gasteiger partial charge in [-0.2, -0.15) is 0 Å². The topological polar surface area (TPSA) is 35.5 Å². The van der Waals surface area contributed by atoms with Gasteiger partial charge < -0.3 is 9.47 Å². The molecule has 0 aliphatic rings. The standard InChI is InChI=1S/C13H12Cl2O3S/c1-3-17-8-5-7-10(6-9(8)18-4-2)19-12(11(7)14)13(15)16/h5-6H,3-4H2,1-2H3. The fourth-order valence-electron chi connectivity index (χ4n) is 1.74. The van der Waals surface area contributed by atoms with Crippen molar-refractivity contribution >= 4 is 49.9 Å². The Hall–Kier alpha value is -0.970. The third kappa shape index (κ3) is 2.81. The lowest BCUT2D eigenvalue weighted by Crippen LogP contribution is -1.97. The first-order valence-electron chi connectivity index (χ1n) is 5.79. The van der Waals surface area contributed by atoms with Gasteiger partial charge in [0.25, 0.3) is 5.24 Å². The summed E-state index contributed by atoms with van der Waals surface area (Å²) in [4.78, 5) is 11.6. The zero-order chi connectivity index (χ0) is 14.0. The lowest BCUT2D eigenvalue weighted by atomic mass is 10.2. The van der Waals surface area contributed by atoms with Crippen LogP contribution in [0.5, 0.6) is 11.5 Å². The molecular formula is C13H12Cl2O3S. The molecule has 1 aromatic heterocycles. The number of hydrogen-bond acceptors (Lipinski definition) is 4. The van der Waals surface area contributed by atoms with E-state index in [4.69, 9.17) is 32.7 Å². The normalized spacial score (nSPS) is 10.7. The molecule has 0 aliphatic carbocycles. The molecule has 2 aromatic rings. The van der Waals surface area contributed by atoms with E-state index < -0.39 is 5.24 Å². The second-order valence-corrected chi connectivity index (χ2v) is 5.45. The summed E-state index contributed by atoms with van der Waals surface area (Å²) < 4.78 is 11.9. The monoisotopic (exact) mass is 318 g/mol. The quantitative estimate of drug-likeness (QED) is 0.747. The molecule has 0 unspecified atom stereocenters. The first kappa shape index (κ1) is 14.4. The number of carbonyl (C=O) groups excluding carboxylic acids is 1. The summed E-state index contributed by atoms with van der Waals surface area (Å²) in [6.07, 6.45) is 0. The Kier molecular flexibility index (Phi) is 4.55. The minimum atomic E-state index is -0.554. The zero-order valence-corrected chi connectivity index (χ0v) is 12.8. The molecule has 1 aromatic carbocycles. The summed E-state index contributed by atoms with van der Waals surface area (Å²) in [5, 5.41) is 0.564. The molecule has 0 saturated heterocycles. The SMILES string of the molecule is CCOc1cc2sc(C(=O)Cl)c(Cl)c2cc1OCC. The van der Waals surface area contributed by atoms with Crippen molar-refractivity contribution in [3.63, 3.8) is 0 Å². The van der Waals surface area contributed by atoms with Crippen molar-refractivity contribution in [2.24, 2.45) is 0 Å². The summed E-state index contributed by atoms with van der Waals surface area (Å²) >= 11 is 12.9. The number of ether oxygens (including phenoxy) is 2. The summed E-state index contributed by atoms with van der Waals surface area (Å²) in [5.41, 5.74) is 0. The minimum Gasteiger partial charge on any atom is -0.490 e. The van der Waals surface area contributed by atoms with E-state index in [9.17, 15) is 4.79 Å². The van der Waals surface area contributed by atoms with E-state index >= 15 is 0 Å². The van der Waals surface area contributed by atoms with Crippen molar-refractivity contribution in [3.05, 3.63) is 22.0 Å². The Morgan fingerprint density at radius 2 is 1.79 bits per heavy atom. The lowest BCUT2D eigenvalue weighted by molar-refractivity contribution is 0.108. The number of fused-ring (bicyclic) bond motifs is 1. The highest BCUT2D eigenvalue weighted by Crippen LogP contribution is 2.42. The molecule has 6 heteroatoms. The van der Waals surface area contributed by atoms with Crippen LogP contribution in [0.4, 0.5) is 0 Å². The summed E-state index contributed by atoms with van der Waals surface area (Å²) in [7, 11) is 0. The molecule has 3 nitrogen and oxygen atoms in total. The van der Waals surface area contributed by atoms with Crippen molar-refractivity contribution in [1.29, 1.82) is 0 Å². The average Bonchev–Trinajstić information content (AvgIpc) is 2.68. The van der Waals surface area contributed by atoms with E-state index in [2.05, 4.69) is 0 Å². The number of carbonyl (C=O) groups is 1. The van der Waals surface area contributed by atoms with E-state index in [1.54, 1.807) is 6.07 Å². The molecule has 0 aliphatic heterocycles. The van der Waals surface area contributed by atoms with Crippen molar-refractivity contribution in [1.82, 2.24) is 0 Å². The van der Waals surface area contributed by atoms with Crippen LogP contribution in [-0.2, 0) is 0 Å². The van der Waals surface area contributed by atoms with Crippen LogP contribution >= 0.6 is 34.5 Å². The maximum absolute atomic E-state index is 11.3. The molecule has 102 valence electrons. The molecule has 0 radical (unpaired) electrons. The third-order valence-electron chi connectivity index (χ3n) is 2.47. The van der Waals surface area contributed by atoms with E-state index in [0.717, 1.165) is 10.1 Å². The molecule has 0 saturated carbocycles. The molecule has 0 amide bonds. The van der Waals surface area contributed by atoms with Crippen LogP contribution in [-0.4, -0.2) is 18.5 Å². The van der Waals surface area contributed by atoms with Crippen LogP contribution in [0.2, 0.25) is 5.02 Å². The fourth-order valence-corrected chi connectivity index (χ4v) is 3.35. The van der Waals surface area contributed by atoms with Gasteiger partial charge in [-0.3, -0.25) is 4.79 Å². The van der Waals surface area contributed by atoms with E-state index in [1.165, 1.54) is 11.3 Å². The molecule has 19 heavy (non-hydrogen) atoms. The Morgan fingerprint density at radius 1 is 1.21 bits per heavy atom. The first-order valence-corrected chi connectivity index (χ1v) is 7.37. The Labute approximate surface area is 125 Å². The maximum Gasteiger partial charge on any atom is 0.263 e. The number of thiophene rings is 1. The minimum absolute atomic E-state index is 0.342. The van der Waals surface area contributed by atoms with Gasteiger partial charge in [0.05, 0.1) is 18.2 Å². The summed E-state index contributed by atoms with van der Waals surface area (Å²) in [6, 6.07) is 3.61. The van der Waals surface area contributed by atoms with Crippen LogP contribution < -0.4 is 9.47 Å². The van der Waals surface area contributed by atoms with Crippen molar-refractivity contribution < 1.29 is 14.3 Å². The highest BCUT2D eigenvalue weighted by atomic mass is 35.5. The molecular weight excluding hydrogens is 307 g/mol. The predicted octanol–water partition coefficient (Wildman–Crippen LogP) is 4.73. The third-order valence-corrected chi connectivity index (χ3v) is 4.43. The smallest absolute Gasteiger partial charge is 0.263 e. The van der Waals surface area contributed by atoms with Gasteiger partial charge in [0, 0.05) is 16.2 Å². The molecule has 0 atom stereocenters. The largest absolute Gasteiger partial charge is 0.490 e. The molecule has 0 bridgehead atoms. The maximum atomic E-state index is 11.3. The van der Waals surface area contributed by atoms with Gasteiger partial charge in [0.15, 0.2) is 11.5 Å². The van der Waals surface area contributed by atoms with E-state index in [-0.39, 0.29) is 0 Å². The highest BCUT2D eigenvalue weighted by molar-refractivity contribution is 7.23. The number of hydrogen-bond donors (Lipinski definition) is 0. The second kappa shape index (κ2) is 5.99. The van der Waals surface area contributed by atoms with Crippen LogP contribution in [0.15, 0.2) is 12.1 Å². The fraction of sp³-hybridized carbons (Fsp3) is 0.308. The van der Waals surface area contributed by atoms with E-state index in [0.29, 0.717) is 34.6 Å². The number of rotatable bonds is 5. The van der Waals surface area contributed by atoms with Gasteiger partial charge >= 0.3 is 0 Å². The summed E-state index contributed by atoms with van der Waals surface area (Å²) in [6.45, 7) is 4.85. The predicted molar refractivity (Wildman–Crippen MR) is 79.4 cm³/mol. The molecule has 0 spiro atoms. The van der Waals surface area contributed by atoms with Crippen molar-refractivity contribution in [2.75, 3.05) is 13.2 Å². The number of halogens is 2. The molecule has 0 N–H and O–H groups in total. The van der Waals surface area contributed by atoms with Crippen LogP contribution in [0.1, 0.15) is 23.5 Å². The lowest BCUT2D eigenvalue weighted by Gasteiger charge is -2.10. The van der Waals surface area contributed by atoms with E-state index in [1.807, 2.05) is 19.9 Å². The molecule has 2 rings (SSSR count). The Bertz CT molecular complexity index is 622. The number of benzene rings is 1.